The fourth-order valence-electron chi connectivity index (χ4n) is 9.20. The van der Waals surface area contributed by atoms with Crippen LogP contribution < -0.4 is 30.1 Å². The number of ether oxygens (including phenoxy) is 6. The Balaban J connectivity index is 0.844. The topological polar surface area (TPSA) is 174 Å². The third-order valence-electron chi connectivity index (χ3n) is 11.9. The van der Waals surface area contributed by atoms with Gasteiger partial charge in [-0.2, -0.15) is 8.61 Å². The molecule has 2 saturated heterocycles. The van der Waals surface area contributed by atoms with Crippen molar-refractivity contribution in [3.05, 3.63) is 105 Å². The molecule has 2 aromatic heterocycles. The van der Waals surface area contributed by atoms with Gasteiger partial charge in [0.2, 0.25) is 20.0 Å². The summed E-state index contributed by atoms with van der Waals surface area (Å²) in [5.41, 5.74) is 1.61. The first-order valence-electron chi connectivity index (χ1n) is 20.4. The summed E-state index contributed by atoms with van der Waals surface area (Å²) in [6.07, 6.45) is 1.66. The molecule has 18 heteroatoms. The van der Waals surface area contributed by atoms with Crippen LogP contribution >= 0.6 is 0 Å². The lowest BCUT2D eigenvalue weighted by atomic mass is 9.84. The van der Waals surface area contributed by atoms with Gasteiger partial charge in [0, 0.05) is 86.8 Å². The summed E-state index contributed by atoms with van der Waals surface area (Å²) < 4.78 is 98.3. The second-order valence-corrected chi connectivity index (χ2v) is 19.8. The fraction of sp³-hybridized carbons (Fsp3) is 0.476. The second kappa shape index (κ2) is 17.0. The van der Waals surface area contributed by atoms with Gasteiger partial charge in [-0.1, -0.05) is 12.1 Å². The minimum Gasteiger partial charge on any atom is -0.487 e. The summed E-state index contributed by atoms with van der Waals surface area (Å²) >= 11 is 0. The number of pyridine rings is 2. The Morgan fingerprint density at radius 3 is 1.27 bits per heavy atom. The third kappa shape index (κ3) is 8.20. The highest BCUT2D eigenvalue weighted by molar-refractivity contribution is 7.89. The maximum Gasteiger partial charge on any atom is 0.250 e. The van der Waals surface area contributed by atoms with Crippen molar-refractivity contribution in [2.24, 2.45) is 11.8 Å². The van der Waals surface area contributed by atoms with E-state index < -0.39 is 20.0 Å². The summed E-state index contributed by atoms with van der Waals surface area (Å²) in [5.74, 6) is 1.10. The van der Waals surface area contributed by atoms with Gasteiger partial charge in [0.15, 0.2) is 23.0 Å². The van der Waals surface area contributed by atoms with Crippen LogP contribution in [0, 0.1) is 11.8 Å². The van der Waals surface area contributed by atoms with Crippen LogP contribution in [0.1, 0.15) is 36.1 Å². The number of piperidine rings is 2. The highest BCUT2D eigenvalue weighted by Gasteiger charge is 2.41. The van der Waals surface area contributed by atoms with Gasteiger partial charge in [0.05, 0.1) is 36.2 Å². The van der Waals surface area contributed by atoms with E-state index in [4.69, 9.17) is 28.4 Å². The van der Waals surface area contributed by atoms with Crippen LogP contribution in [0.15, 0.2) is 92.2 Å². The Hall–Kier alpha value is -4.72. The third-order valence-corrected chi connectivity index (χ3v) is 15.6. The molecule has 5 aliphatic rings. The van der Waals surface area contributed by atoms with E-state index in [9.17, 15) is 26.4 Å². The average Bonchev–Trinajstić information content (AvgIpc) is 3.24. The number of sulfonamides is 2. The largest absolute Gasteiger partial charge is 0.487 e. The van der Waals surface area contributed by atoms with Crippen molar-refractivity contribution in [3.8, 4) is 23.0 Å². The van der Waals surface area contributed by atoms with E-state index in [1.165, 1.54) is 32.9 Å². The number of nitrogens with zero attached hydrogens (tertiary/aromatic N) is 4. The highest BCUT2D eigenvalue weighted by Crippen LogP contribution is 2.40. The van der Waals surface area contributed by atoms with Crippen LogP contribution in [0.2, 0.25) is 0 Å². The molecular weight excluding hydrogens is 817 g/mol. The summed E-state index contributed by atoms with van der Waals surface area (Å²) in [5, 5.41) is 0. The van der Waals surface area contributed by atoms with Crippen molar-refractivity contribution in [2.45, 2.75) is 47.6 Å². The predicted octanol–water partition coefficient (Wildman–Crippen LogP) is 2.89. The molecule has 0 aliphatic carbocycles. The maximum absolute atomic E-state index is 14.0. The molecule has 7 heterocycles. The zero-order valence-electron chi connectivity index (χ0n) is 33.1. The van der Waals surface area contributed by atoms with Gasteiger partial charge in [-0.3, -0.25) is 9.59 Å². The van der Waals surface area contributed by atoms with Crippen LogP contribution in [-0.2, 0) is 42.6 Å². The van der Waals surface area contributed by atoms with Crippen molar-refractivity contribution in [3.63, 3.8) is 0 Å². The second-order valence-electron chi connectivity index (χ2n) is 15.9. The Morgan fingerprint density at radius 1 is 0.450 bits per heavy atom. The lowest BCUT2D eigenvalue weighted by molar-refractivity contribution is 0.0639. The maximum atomic E-state index is 14.0. The molecule has 0 spiro atoms. The highest BCUT2D eigenvalue weighted by atomic mass is 32.2. The number of aromatic nitrogens is 2. The molecule has 4 bridgehead atoms. The molecule has 0 saturated carbocycles. The van der Waals surface area contributed by atoms with Crippen LogP contribution in [0.3, 0.4) is 0 Å². The molecule has 16 nitrogen and oxygen atoms in total. The molecule has 320 valence electrons. The Labute approximate surface area is 348 Å². The Bertz CT molecular complexity index is 2400. The van der Waals surface area contributed by atoms with Gasteiger partial charge in [-0.15, -0.1) is 0 Å². The van der Waals surface area contributed by atoms with Crippen molar-refractivity contribution in [1.82, 2.24) is 17.7 Å². The minimum atomic E-state index is -3.91. The number of hydrogen-bond donors (Lipinski definition) is 0. The zero-order valence-corrected chi connectivity index (χ0v) is 34.7. The van der Waals surface area contributed by atoms with E-state index in [2.05, 4.69) is 0 Å². The van der Waals surface area contributed by atoms with Crippen molar-refractivity contribution in [1.29, 1.82) is 0 Å². The van der Waals surface area contributed by atoms with Gasteiger partial charge in [0.25, 0.3) is 11.1 Å². The quantitative estimate of drug-likeness (QED) is 0.294. The first kappa shape index (κ1) is 40.7. The van der Waals surface area contributed by atoms with Gasteiger partial charge in [0.1, 0.15) is 26.4 Å². The zero-order chi connectivity index (χ0) is 41.4. The predicted molar refractivity (Wildman–Crippen MR) is 217 cm³/mol. The first-order chi connectivity index (χ1) is 29.0. The molecule has 0 N–H and O–H groups in total. The lowest BCUT2D eigenvalue weighted by Crippen LogP contribution is -2.49. The summed E-state index contributed by atoms with van der Waals surface area (Å²) in [6, 6.07) is 19.5. The van der Waals surface area contributed by atoms with Gasteiger partial charge in [-0.25, -0.2) is 16.8 Å². The van der Waals surface area contributed by atoms with E-state index in [1.807, 2.05) is 12.1 Å². The molecule has 60 heavy (non-hydrogen) atoms. The molecule has 4 atom stereocenters. The van der Waals surface area contributed by atoms with E-state index in [-0.39, 0.29) is 122 Å². The van der Waals surface area contributed by atoms with Crippen molar-refractivity contribution >= 4 is 20.0 Å². The number of benzene rings is 2. The Morgan fingerprint density at radius 2 is 0.850 bits per heavy atom. The summed E-state index contributed by atoms with van der Waals surface area (Å²) in [7, 11) is -7.81. The minimum absolute atomic E-state index is 0.0261. The van der Waals surface area contributed by atoms with Gasteiger partial charge in [-0.05, 0) is 61.1 Å². The molecule has 0 amide bonds. The van der Waals surface area contributed by atoms with E-state index in [1.54, 1.807) is 45.5 Å². The standard InChI is InChI=1S/C42H48N4O12S2/c47-41-5-1-3-35-31-19-29(25-45(35)41)23-43(27-31)59(49,50)33-7-9-37-39(21-33)57-17-13-53-12-16-56-38-10-8-34(22-40(38)58-18-14-54-11-15-55-37)60(51,52)44-24-30-20-32(28-44)36-4-2-6-42(48)46(36)26-30/h1-10,21-22,29-32H,11-20,23-28H2/t29-,30-,31-,32-/m0/s1. The summed E-state index contributed by atoms with van der Waals surface area (Å²) in [4.78, 5) is 25.2. The van der Waals surface area contributed by atoms with Crippen LogP contribution in [0.4, 0.5) is 0 Å². The molecule has 4 aromatic rings. The smallest absolute Gasteiger partial charge is 0.250 e. The van der Waals surface area contributed by atoms with Gasteiger partial charge < -0.3 is 37.6 Å². The molecule has 5 aliphatic heterocycles. The van der Waals surface area contributed by atoms with Crippen molar-refractivity contribution in [2.75, 3.05) is 79.0 Å². The lowest BCUT2D eigenvalue weighted by Gasteiger charge is -2.42. The fourth-order valence-corrected chi connectivity index (χ4v) is 12.4. The van der Waals surface area contributed by atoms with Gasteiger partial charge >= 0.3 is 0 Å². The van der Waals surface area contributed by atoms with E-state index in [0.29, 0.717) is 37.7 Å². The Kier molecular flexibility index (Phi) is 11.5. The normalized spacial score (nSPS) is 24.3. The SMILES string of the molecule is O=c1cccc2n1C[C@H]1C[C@H]2CN(S(=O)(=O)c2ccc3c(c2)OCCOCCOc2ccc(S(=O)(=O)N4C[C@@H]5C[C@@H](C4)c4cccc(=O)n4C5)cc2OCCOCCO3)C1. The van der Waals surface area contributed by atoms with Crippen LogP contribution in [-0.4, -0.2) is 114 Å². The number of hydrogen-bond acceptors (Lipinski definition) is 12. The average molecular weight is 865 g/mol. The molecule has 2 fully saturated rings. The monoisotopic (exact) mass is 864 g/mol. The number of fused-ring (bicyclic) bond motifs is 10. The summed E-state index contributed by atoms with van der Waals surface area (Å²) in [6.45, 7) is 3.28. The first-order valence-corrected chi connectivity index (χ1v) is 23.3. The molecule has 0 radical (unpaired) electrons. The van der Waals surface area contributed by atoms with Crippen LogP contribution in [0.25, 0.3) is 0 Å². The van der Waals surface area contributed by atoms with E-state index >= 15 is 0 Å². The number of rotatable bonds is 4. The molecule has 0 unspecified atom stereocenters. The van der Waals surface area contributed by atoms with E-state index in [0.717, 1.165) is 24.2 Å². The molecule has 9 rings (SSSR count). The molecule has 2 aromatic carbocycles. The van der Waals surface area contributed by atoms with Crippen molar-refractivity contribution < 1.29 is 45.3 Å². The molecular formula is C42H48N4O12S2. The van der Waals surface area contributed by atoms with Crippen LogP contribution in [0.5, 0.6) is 23.0 Å².